The average Bonchev–Trinajstić information content (AvgIpc) is 2.85. The maximum atomic E-state index is 4.38. The van der Waals surface area contributed by atoms with Gasteiger partial charge in [-0.25, -0.2) is 4.98 Å². The first-order chi connectivity index (χ1) is 8.13. The van der Waals surface area contributed by atoms with Gasteiger partial charge >= 0.3 is 0 Å². The lowest BCUT2D eigenvalue weighted by Crippen LogP contribution is -2.23. The minimum absolute atomic E-state index is 0.255. The average molecular weight is 249 g/mol. The number of imidazole rings is 1. The van der Waals surface area contributed by atoms with Gasteiger partial charge in [0.1, 0.15) is 5.82 Å². The molecule has 0 amide bonds. The van der Waals surface area contributed by atoms with Gasteiger partial charge in [0, 0.05) is 16.8 Å². The molecule has 2 rings (SSSR count). The molecule has 1 unspecified atom stereocenters. The molecule has 0 aromatic carbocycles. The fraction of sp³-hybridized carbons (Fsp3) is 0.462. The lowest BCUT2D eigenvalue weighted by Gasteiger charge is -2.17. The van der Waals surface area contributed by atoms with Gasteiger partial charge in [-0.3, -0.25) is 0 Å². The van der Waals surface area contributed by atoms with E-state index in [-0.39, 0.29) is 6.04 Å². The molecular weight excluding hydrogens is 230 g/mol. The maximum absolute atomic E-state index is 4.38. The van der Waals surface area contributed by atoms with Gasteiger partial charge in [0.15, 0.2) is 0 Å². The second-order valence-electron chi connectivity index (χ2n) is 4.23. The molecule has 0 aliphatic heterocycles. The van der Waals surface area contributed by atoms with E-state index in [0.717, 1.165) is 12.4 Å². The van der Waals surface area contributed by atoms with Crippen molar-refractivity contribution in [2.24, 2.45) is 7.05 Å². The number of hydrogen-bond donors (Lipinski definition) is 1. The van der Waals surface area contributed by atoms with Crippen molar-refractivity contribution in [3.05, 3.63) is 39.6 Å². The molecule has 2 aromatic heterocycles. The van der Waals surface area contributed by atoms with Crippen molar-refractivity contribution in [2.75, 3.05) is 6.54 Å². The summed E-state index contributed by atoms with van der Waals surface area (Å²) in [5.74, 6) is 1.05. The van der Waals surface area contributed by atoms with Crippen molar-refractivity contribution in [2.45, 2.75) is 26.8 Å². The summed E-state index contributed by atoms with van der Waals surface area (Å²) in [7, 11) is 2.07. The van der Waals surface area contributed by atoms with Crippen molar-refractivity contribution >= 4 is 11.3 Å². The van der Waals surface area contributed by atoms with Gasteiger partial charge in [-0.2, -0.15) is 0 Å². The molecule has 0 saturated carbocycles. The summed E-state index contributed by atoms with van der Waals surface area (Å²) in [6, 6.07) is 4.63. The van der Waals surface area contributed by atoms with Crippen LogP contribution in [0.2, 0.25) is 0 Å². The lowest BCUT2D eigenvalue weighted by molar-refractivity contribution is 0.598. The summed E-state index contributed by atoms with van der Waals surface area (Å²) in [6.45, 7) is 7.26. The molecule has 2 aromatic rings. The lowest BCUT2D eigenvalue weighted by atomic mass is 10.2. The maximum Gasteiger partial charge on any atom is 0.105 e. The third kappa shape index (κ3) is 2.42. The van der Waals surface area contributed by atoms with Crippen LogP contribution in [0.15, 0.2) is 18.3 Å². The summed E-state index contributed by atoms with van der Waals surface area (Å²) < 4.78 is 2.16. The van der Waals surface area contributed by atoms with Crippen LogP contribution in [0.3, 0.4) is 0 Å². The van der Waals surface area contributed by atoms with Crippen LogP contribution >= 0.6 is 11.3 Å². The zero-order chi connectivity index (χ0) is 12.4. The fourth-order valence-corrected chi connectivity index (χ4v) is 2.92. The Morgan fingerprint density at radius 1 is 1.41 bits per heavy atom. The van der Waals surface area contributed by atoms with Crippen LogP contribution in [0.25, 0.3) is 0 Å². The third-order valence-corrected chi connectivity index (χ3v) is 4.07. The molecule has 3 nitrogen and oxygen atoms in total. The van der Waals surface area contributed by atoms with Crippen molar-refractivity contribution < 1.29 is 0 Å². The van der Waals surface area contributed by atoms with Gasteiger partial charge in [0.25, 0.3) is 0 Å². The fourth-order valence-electron chi connectivity index (χ4n) is 1.95. The van der Waals surface area contributed by atoms with E-state index in [2.05, 4.69) is 47.9 Å². The van der Waals surface area contributed by atoms with E-state index in [4.69, 9.17) is 0 Å². The highest BCUT2D eigenvalue weighted by molar-refractivity contribution is 7.12. The summed E-state index contributed by atoms with van der Waals surface area (Å²) in [5.41, 5.74) is 1.23. The third-order valence-electron chi connectivity index (χ3n) is 3.01. The molecule has 2 heterocycles. The number of rotatable bonds is 4. The van der Waals surface area contributed by atoms with Crippen LogP contribution in [0.1, 0.15) is 34.2 Å². The Morgan fingerprint density at radius 3 is 2.65 bits per heavy atom. The molecule has 0 radical (unpaired) electrons. The monoisotopic (exact) mass is 249 g/mol. The molecule has 0 saturated heterocycles. The predicted octanol–water partition coefficient (Wildman–Crippen LogP) is 2.80. The van der Waals surface area contributed by atoms with Gasteiger partial charge in [0.05, 0.1) is 17.9 Å². The van der Waals surface area contributed by atoms with E-state index in [0.29, 0.717) is 0 Å². The molecule has 0 spiro atoms. The van der Waals surface area contributed by atoms with Gasteiger partial charge in [-0.15, -0.1) is 11.3 Å². The van der Waals surface area contributed by atoms with Gasteiger partial charge in [-0.1, -0.05) is 6.92 Å². The van der Waals surface area contributed by atoms with Crippen LogP contribution in [0, 0.1) is 13.8 Å². The molecule has 0 bridgehead atoms. The first-order valence-electron chi connectivity index (χ1n) is 5.91. The minimum Gasteiger partial charge on any atom is -0.334 e. The van der Waals surface area contributed by atoms with Gasteiger partial charge in [0.2, 0.25) is 0 Å². The summed E-state index contributed by atoms with van der Waals surface area (Å²) in [6.07, 6.45) is 1.97. The number of aryl methyl sites for hydroxylation is 2. The van der Waals surface area contributed by atoms with E-state index in [9.17, 15) is 0 Å². The van der Waals surface area contributed by atoms with Crippen molar-refractivity contribution in [3.63, 3.8) is 0 Å². The van der Waals surface area contributed by atoms with Crippen LogP contribution in [0.5, 0.6) is 0 Å². The molecule has 4 heteroatoms. The Bertz CT molecular complexity index is 498. The number of nitrogens with one attached hydrogen (secondary N) is 1. The van der Waals surface area contributed by atoms with E-state index in [1.807, 2.05) is 24.5 Å². The molecule has 92 valence electrons. The number of thiophene rings is 1. The van der Waals surface area contributed by atoms with E-state index < -0.39 is 0 Å². The van der Waals surface area contributed by atoms with Crippen LogP contribution < -0.4 is 5.32 Å². The summed E-state index contributed by atoms with van der Waals surface area (Å²) in [5, 5.41) is 3.53. The molecule has 1 N–H and O–H groups in total. The molecule has 1 atom stereocenters. The Morgan fingerprint density at radius 2 is 2.18 bits per heavy atom. The number of nitrogens with zero attached hydrogens (tertiary/aromatic N) is 2. The first kappa shape index (κ1) is 12.3. The molecule has 0 aliphatic carbocycles. The molecule has 17 heavy (non-hydrogen) atoms. The van der Waals surface area contributed by atoms with E-state index >= 15 is 0 Å². The molecule has 0 aliphatic rings. The standard InChI is InChI=1S/C13H19N3S/c1-5-14-13(12-7-6-9(2)17-12)11-8-15-10(3)16(11)4/h6-8,13-14H,5H2,1-4H3. The normalized spacial score (nSPS) is 12.9. The van der Waals surface area contributed by atoms with Crippen molar-refractivity contribution in [3.8, 4) is 0 Å². The van der Waals surface area contributed by atoms with Crippen LogP contribution in [0.4, 0.5) is 0 Å². The van der Waals surface area contributed by atoms with Crippen molar-refractivity contribution in [1.29, 1.82) is 0 Å². The van der Waals surface area contributed by atoms with Gasteiger partial charge < -0.3 is 9.88 Å². The highest BCUT2D eigenvalue weighted by atomic mass is 32.1. The zero-order valence-corrected chi connectivity index (χ0v) is 11.6. The first-order valence-corrected chi connectivity index (χ1v) is 6.73. The summed E-state index contributed by atoms with van der Waals surface area (Å²) in [4.78, 5) is 7.08. The Hall–Kier alpha value is -1.13. The quantitative estimate of drug-likeness (QED) is 0.903. The zero-order valence-electron chi connectivity index (χ0n) is 10.8. The SMILES string of the molecule is CCNC(c1ccc(C)s1)c1cnc(C)n1C. The highest BCUT2D eigenvalue weighted by Gasteiger charge is 2.18. The van der Waals surface area contributed by atoms with Crippen molar-refractivity contribution in [1.82, 2.24) is 14.9 Å². The Labute approximate surface area is 107 Å². The van der Waals surface area contributed by atoms with E-state index in [1.54, 1.807) is 0 Å². The van der Waals surface area contributed by atoms with Crippen LogP contribution in [-0.4, -0.2) is 16.1 Å². The summed E-state index contributed by atoms with van der Waals surface area (Å²) >= 11 is 1.84. The number of hydrogen-bond acceptors (Lipinski definition) is 3. The second kappa shape index (κ2) is 5.02. The predicted molar refractivity (Wildman–Crippen MR) is 72.5 cm³/mol. The van der Waals surface area contributed by atoms with E-state index in [1.165, 1.54) is 15.4 Å². The van der Waals surface area contributed by atoms with Gasteiger partial charge in [-0.05, 0) is 32.5 Å². The largest absolute Gasteiger partial charge is 0.334 e. The number of aromatic nitrogens is 2. The molecular formula is C13H19N3S. The molecule has 0 fully saturated rings. The Kier molecular flexibility index (Phi) is 3.64. The smallest absolute Gasteiger partial charge is 0.105 e. The van der Waals surface area contributed by atoms with Crippen LogP contribution in [-0.2, 0) is 7.05 Å². The Balaban J connectivity index is 2.38. The topological polar surface area (TPSA) is 29.9 Å². The highest BCUT2D eigenvalue weighted by Crippen LogP contribution is 2.28. The minimum atomic E-state index is 0.255. The second-order valence-corrected chi connectivity index (χ2v) is 5.55.